The van der Waals surface area contributed by atoms with Gasteiger partial charge in [0, 0.05) is 38.1 Å². The summed E-state index contributed by atoms with van der Waals surface area (Å²) in [4.78, 5) is 16.4. The number of carbonyl (C=O) groups excluding carboxylic acids is 1. The van der Waals surface area contributed by atoms with Crippen molar-refractivity contribution in [1.82, 2.24) is 15.5 Å². The van der Waals surface area contributed by atoms with Crippen molar-refractivity contribution in [3.8, 4) is 0 Å². The third-order valence-electron chi connectivity index (χ3n) is 13.0. The van der Waals surface area contributed by atoms with Crippen LogP contribution in [-0.4, -0.2) is 167 Å². The first-order chi connectivity index (χ1) is 25.9. The van der Waals surface area contributed by atoms with E-state index >= 15 is 0 Å². The molecule has 330 valence electrons. The number of aliphatic hydroxyl groups excluding tert-OH is 2. The van der Waals surface area contributed by atoms with Crippen molar-refractivity contribution in [2.45, 2.75) is 198 Å². The van der Waals surface area contributed by atoms with Gasteiger partial charge in [-0.3, -0.25) is 4.79 Å². The maximum absolute atomic E-state index is 14.5. The lowest BCUT2D eigenvalue weighted by Crippen LogP contribution is -2.70. The van der Waals surface area contributed by atoms with Crippen LogP contribution in [0.3, 0.4) is 0 Å². The predicted octanol–water partition coefficient (Wildman–Crippen LogP) is 1.93. The van der Waals surface area contributed by atoms with Crippen molar-refractivity contribution in [3.63, 3.8) is 0 Å². The number of esters is 1. The second-order valence-corrected chi connectivity index (χ2v) is 18.2. The highest BCUT2D eigenvalue weighted by molar-refractivity contribution is 5.73. The smallest absolute Gasteiger partial charge is 0.311 e. The highest BCUT2D eigenvalue weighted by atomic mass is 16.7. The van der Waals surface area contributed by atoms with Crippen LogP contribution < -0.4 is 10.6 Å². The van der Waals surface area contributed by atoms with Crippen molar-refractivity contribution in [3.05, 3.63) is 0 Å². The van der Waals surface area contributed by atoms with E-state index in [4.69, 9.17) is 28.4 Å². The Morgan fingerprint density at radius 1 is 1.05 bits per heavy atom. The van der Waals surface area contributed by atoms with Crippen LogP contribution in [0.1, 0.15) is 108 Å². The monoisotopic (exact) mass is 806 g/mol. The molecule has 0 aromatic rings. The number of nitrogens with one attached hydrogen (secondary N) is 2. The van der Waals surface area contributed by atoms with E-state index in [1.807, 2.05) is 53.6 Å². The Balaban J connectivity index is 2.16. The average molecular weight is 806 g/mol. The SMILES string of the molecule is CCCNC[C@]1(O)[C@H](C)O[C@@H](OC2[C@@H](C)C(=O)O[C@H]([C@](C)(O)[C@H](O)CC)[C@H](C)NC[C@H](C)C[C@@](C)(O)[C@H](O[C@@H]3O[C@H](C)C[C@H](N(C)C)[C@H]3O)[C@H]2C)C[C@@]1(C)OC. The summed E-state index contributed by atoms with van der Waals surface area (Å²) in [6.45, 7) is 20.9. The summed E-state index contributed by atoms with van der Waals surface area (Å²) in [5, 5.41) is 65.4. The summed E-state index contributed by atoms with van der Waals surface area (Å²) in [7, 11) is 5.31. The van der Waals surface area contributed by atoms with Gasteiger partial charge in [0.25, 0.3) is 0 Å². The summed E-state index contributed by atoms with van der Waals surface area (Å²) >= 11 is 0. The Bertz CT molecular complexity index is 1230. The summed E-state index contributed by atoms with van der Waals surface area (Å²) in [6.07, 6.45) is -6.62. The number of carbonyl (C=O) groups is 1. The van der Waals surface area contributed by atoms with E-state index in [2.05, 4.69) is 10.6 Å². The molecule has 0 aromatic heterocycles. The fraction of sp³-hybridized carbons (Fsp3) is 0.976. The predicted molar refractivity (Wildman–Crippen MR) is 212 cm³/mol. The number of nitrogens with zero attached hydrogens (tertiary/aromatic N) is 1. The maximum atomic E-state index is 14.5. The van der Waals surface area contributed by atoms with Crippen LogP contribution in [0.25, 0.3) is 0 Å². The molecule has 3 saturated heterocycles. The standard InChI is InChI=1S/C41H79N3O12/c1-15-17-42-22-41(50)28(8)53-31(20-39(41,10)51-14)54-33-25(5)34(56-37-32(46)29(44(12)13)18-24(4)52-37)38(9,48)19-23(3)21-43-27(7)35(55-36(47)26(33)6)40(11,49)30(45)16-2/h23-35,37,42-43,45-46,48-50H,15-22H2,1-14H3/t23-,24-,25+,26-,27+,28+,29+,30-,31+,32-,33?,34-,35+,37+,38-,39-,40-,41+/m1/s1. The van der Waals surface area contributed by atoms with Crippen LogP contribution in [0.15, 0.2) is 0 Å². The largest absolute Gasteiger partial charge is 0.457 e. The fourth-order valence-corrected chi connectivity index (χ4v) is 9.21. The van der Waals surface area contributed by atoms with Gasteiger partial charge in [0.15, 0.2) is 12.6 Å². The Labute approximate surface area is 336 Å². The molecule has 3 rings (SSSR count). The van der Waals surface area contributed by atoms with E-state index in [1.165, 1.54) is 14.0 Å². The molecule has 0 aromatic carbocycles. The van der Waals surface area contributed by atoms with Crippen LogP contribution >= 0.6 is 0 Å². The van der Waals surface area contributed by atoms with Gasteiger partial charge in [-0.25, -0.2) is 0 Å². The van der Waals surface area contributed by atoms with Crippen LogP contribution in [0.2, 0.25) is 0 Å². The molecule has 0 amide bonds. The highest BCUT2D eigenvalue weighted by Crippen LogP contribution is 2.43. The molecule has 0 aliphatic carbocycles. The van der Waals surface area contributed by atoms with E-state index in [9.17, 15) is 30.3 Å². The van der Waals surface area contributed by atoms with Gasteiger partial charge in [-0.05, 0) is 107 Å². The molecule has 3 heterocycles. The number of rotatable bonds is 13. The summed E-state index contributed by atoms with van der Waals surface area (Å²) in [6, 6.07) is -0.875. The second-order valence-electron chi connectivity index (χ2n) is 18.2. The van der Waals surface area contributed by atoms with Gasteiger partial charge in [0.2, 0.25) is 0 Å². The molecule has 0 spiro atoms. The molecule has 7 N–H and O–H groups in total. The zero-order chi connectivity index (χ0) is 42.6. The minimum absolute atomic E-state index is 0.0928. The topological polar surface area (TPSA) is 201 Å². The average Bonchev–Trinajstić information content (AvgIpc) is 3.12. The van der Waals surface area contributed by atoms with E-state index in [0.29, 0.717) is 19.5 Å². The van der Waals surface area contributed by atoms with Crippen molar-refractivity contribution in [1.29, 1.82) is 0 Å². The molecule has 56 heavy (non-hydrogen) atoms. The molecule has 18 atom stereocenters. The minimum Gasteiger partial charge on any atom is -0.457 e. The first kappa shape index (κ1) is 49.3. The van der Waals surface area contributed by atoms with E-state index in [1.54, 1.807) is 34.6 Å². The summed E-state index contributed by atoms with van der Waals surface area (Å²) in [5.41, 5.74) is -5.93. The van der Waals surface area contributed by atoms with Gasteiger partial charge >= 0.3 is 5.97 Å². The van der Waals surface area contributed by atoms with E-state index in [0.717, 1.165) is 6.42 Å². The van der Waals surface area contributed by atoms with Crippen LogP contribution in [0.4, 0.5) is 0 Å². The third-order valence-corrected chi connectivity index (χ3v) is 13.0. The number of methoxy groups -OCH3 is 1. The molecular weight excluding hydrogens is 726 g/mol. The van der Waals surface area contributed by atoms with Gasteiger partial charge in [-0.2, -0.15) is 0 Å². The first-order valence-electron chi connectivity index (χ1n) is 20.9. The summed E-state index contributed by atoms with van der Waals surface area (Å²) in [5.74, 6) is -2.67. The molecule has 3 aliphatic rings. The minimum atomic E-state index is -1.81. The zero-order valence-electron chi connectivity index (χ0n) is 36.8. The normalized spacial score (nSPS) is 45.2. The number of cyclic esters (lactones) is 1. The Morgan fingerprint density at radius 3 is 2.27 bits per heavy atom. The van der Waals surface area contributed by atoms with Crippen LogP contribution in [-0.2, 0) is 33.2 Å². The van der Waals surface area contributed by atoms with Gasteiger partial charge in [0.05, 0.1) is 42.0 Å². The van der Waals surface area contributed by atoms with Gasteiger partial charge in [-0.1, -0.05) is 27.7 Å². The molecule has 1 unspecified atom stereocenters. The number of likely N-dealkylation sites (N-methyl/N-ethyl adjacent to an activating group) is 1. The fourth-order valence-electron chi connectivity index (χ4n) is 9.21. The van der Waals surface area contributed by atoms with Crippen molar-refractivity contribution < 1.29 is 58.7 Å². The number of hydrogen-bond acceptors (Lipinski definition) is 15. The number of ether oxygens (including phenoxy) is 6. The van der Waals surface area contributed by atoms with Crippen molar-refractivity contribution >= 4 is 5.97 Å². The molecule has 0 saturated carbocycles. The van der Waals surface area contributed by atoms with Crippen molar-refractivity contribution in [2.75, 3.05) is 40.8 Å². The lowest BCUT2D eigenvalue weighted by molar-refractivity contribution is -0.336. The third kappa shape index (κ3) is 11.0. The van der Waals surface area contributed by atoms with Gasteiger partial charge in [0.1, 0.15) is 29.0 Å². The molecule has 3 aliphatic heterocycles. The molecule has 15 heteroatoms. The molecule has 3 fully saturated rings. The quantitative estimate of drug-likeness (QED) is 0.105. The maximum Gasteiger partial charge on any atom is 0.311 e. The lowest BCUT2D eigenvalue weighted by Gasteiger charge is -2.53. The number of aliphatic hydroxyl groups is 5. The molecule has 0 bridgehead atoms. The van der Waals surface area contributed by atoms with Crippen LogP contribution in [0, 0.1) is 17.8 Å². The Hall–Kier alpha value is -1.05. The van der Waals surface area contributed by atoms with Gasteiger partial charge < -0.3 is 69.5 Å². The molecular formula is C41H79N3O12. The second kappa shape index (κ2) is 20.0. The molecule has 0 radical (unpaired) electrons. The lowest BCUT2D eigenvalue weighted by atomic mass is 9.75. The van der Waals surface area contributed by atoms with Crippen molar-refractivity contribution in [2.24, 2.45) is 17.8 Å². The van der Waals surface area contributed by atoms with Crippen LogP contribution in [0.5, 0.6) is 0 Å². The Morgan fingerprint density at radius 2 is 1.70 bits per heavy atom. The number of hydrogen-bond donors (Lipinski definition) is 7. The Kier molecular flexibility index (Phi) is 17.6. The highest BCUT2D eigenvalue weighted by Gasteiger charge is 2.58. The molecule has 15 nitrogen and oxygen atoms in total. The summed E-state index contributed by atoms with van der Waals surface area (Å²) < 4.78 is 38.4. The van der Waals surface area contributed by atoms with E-state index < -0.39 is 95.5 Å². The van der Waals surface area contributed by atoms with Gasteiger partial charge in [-0.15, -0.1) is 0 Å². The van der Waals surface area contributed by atoms with E-state index in [-0.39, 0.29) is 43.9 Å². The zero-order valence-corrected chi connectivity index (χ0v) is 36.8. The first-order valence-corrected chi connectivity index (χ1v) is 20.9.